The Morgan fingerprint density at radius 2 is 1.48 bits per heavy atom. The van der Waals surface area contributed by atoms with Gasteiger partial charge in [-0.25, -0.2) is 0 Å². The van der Waals surface area contributed by atoms with Crippen LogP contribution in [0.3, 0.4) is 0 Å². The Bertz CT molecular complexity index is 936. The first-order chi connectivity index (χ1) is 15.0. The van der Waals surface area contributed by atoms with Crippen LogP contribution < -0.4 is 0 Å². The van der Waals surface area contributed by atoms with Crippen molar-refractivity contribution in [2.75, 3.05) is 0 Å². The van der Waals surface area contributed by atoms with Crippen molar-refractivity contribution in [3.05, 3.63) is 71.8 Å². The molecule has 0 aliphatic carbocycles. The van der Waals surface area contributed by atoms with Crippen LogP contribution in [0.5, 0.6) is 0 Å². The molecular formula is C25H32N2O3Si. The minimum absolute atomic E-state index is 0.0559. The second kappa shape index (κ2) is 8.97. The number of fused-ring (bicyclic) bond motifs is 1. The zero-order valence-electron chi connectivity index (χ0n) is 19.0. The van der Waals surface area contributed by atoms with Gasteiger partial charge < -0.3 is 13.8 Å². The number of hydrogen-bond acceptors (Lipinski definition) is 5. The summed E-state index contributed by atoms with van der Waals surface area (Å²) in [5.41, 5.74) is 4.14. The van der Waals surface area contributed by atoms with E-state index in [0.717, 1.165) is 29.0 Å². The molecule has 6 heteroatoms. The average Bonchev–Trinajstić information content (AvgIpc) is 3.19. The Hall–Kier alpha value is -2.44. The van der Waals surface area contributed by atoms with Crippen molar-refractivity contribution in [3.63, 3.8) is 0 Å². The van der Waals surface area contributed by atoms with Gasteiger partial charge in [0.15, 0.2) is 6.10 Å². The standard InChI is InChI=1S/C25H32N2O3Si/c1-6-21-22-24(26-28-25(22)20-15-11-8-12-16-20)23(19-13-9-7-10-14-19)27-30-31(29-21,17(2)3)18(4)5/h7-18,21-22,25H,6H2,1-5H3/b27-23-/t21-,22+,25-/m1/s1. The Labute approximate surface area is 186 Å². The molecule has 164 valence electrons. The molecule has 0 unspecified atom stereocenters. The van der Waals surface area contributed by atoms with E-state index in [2.05, 4.69) is 64.0 Å². The normalized spacial score (nSPS) is 26.7. The van der Waals surface area contributed by atoms with Gasteiger partial charge in [-0.3, -0.25) is 0 Å². The summed E-state index contributed by atoms with van der Waals surface area (Å²) in [6.45, 7) is 10.9. The molecule has 0 bridgehead atoms. The molecule has 0 N–H and O–H groups in total. The maximum absolute atomic E-state index is 6.95. The van der Waals surface area contributed by atoms with Crippen molar-refractivity contribution in [2.24, 2.45) is 16.2 Å². The minimum atomic E-state index is -2.67. The number of nitrogens with zero attached hydrogens (tertiary/aromatic N) is 2. The Morgan fingerprint density at radius 1 is 0.871 bits per heavy atom. The molecule has 0 saturated heterocycles. The largest absolute Gasteiger partial charge is 0.432 e. The van der Waals surface area contributed by atoms with Crippen LogP contribution in [0.2, 0.25) is 11.1 Å². The van der Waals surface area contributed by atoms with Gasteiger partial charge in [0.05, 0.1) is 12.0 Å². The van der Waals surface area contributed by atoms with Crippen LogP contribution >= 0.6 is 0 Å². The Balaban J connectivity index is 1.87. The van der Waals surface area contributed by atoms with Crippen molar-refractivity contribution in [1.82, 2.24) is 0 Å². The monoisotopic (exact) mass is 436 g/mol. The highest BCUT2D eigenvalue weighted by Crippen LogP contribution is 2.44. The summed E-state index contributed by atoms with van der Waals surface area (Å²) in [5.74, 6) is -0.0559. The van der Waals surface area contributed by atoms with Crippen LogP contribution in [-0.4, -0.2) is 26.1 Å². The molecule has 0 radical (unpaired) electrons. The van der Waals surface area contributed by atoms with Crippen molar-refractivity contribution >= 4 is 20.0 Å². The fourth-order valence-electron chi connectivity index (χ4n) is 4.65. The van der Waals surface area contributed by atoms with Gasteiger partial charge in [0.25, 0.3) is 0 Å². The van der Waals surface area contributed by atoms with Gasteiger partial charge in [0.2, 0.25) is 0 Å². The maximum Gasteiger partial charge on any atom is 0.432 e. The highest BCUT2D eigenvalue weighted by molar-refractivity contribution is 6.70. The van der Waals surface area contributed by atoms with Crippen molar-refractivity contribution in [2.45, 2.75) is 64.3 Å². The first-order valence-corrected chi connectivity index (χ1v) is 13.2. The molecule has 0 amide bonds. The van der Waals surface area contributed by atoms with E-state index in [1.165, 1.54) is 0 Å². The molecule has 4 rings (SSSR count). The summed E-state index contributed by atoms with van der Waals surface area (Å²) in [7, 11) is -2.67. The smallest absolute Gasteiger partial charge is 0.420 e. The molecule has 2 aromatic carbocycles. The lowest BCUT2D eigenvalue weighted by Crippen LogP contribution is -2.54. The molecule has 0 fully saturated rings. The van der Waals surface area contributed by atoms with Gasteiger partial charge in [-0.1, -0.05) is 106 Å². The molecule has 0 aromatic heterocycles. The van der Waals surface area contributed by atoms with Crippen LogP contribution in [0.15, 0.2) is 71.0 Å². The van der Waals surface area contributed by atoms with Crippen molar-refractivity contribution in [1.29, 1.82) is 0 Å². The van der Waals surface area contributed by atoms with E-state index in [1.54, 1.807) is 0 Å². The molecule has 0 saturated carbocycles. The van der Waals surface area contributed by atoms with Gasteiger partial charge in [-0.2, -0.15) is 0 Å². The fraction of sp³-hybridized carbons (Fsp3) is 0.440. The summed E-state index contributed by atoms with van der Waals surface area (Å²) < 4.78 is 13.4. The van der Waals surface area contributed by atoms with Gasteiger partial charge in [-0.05, 0) is 12.0 Å². The Morgan fingerprint density at radius 3 is 2.06 bits per heavy atom. The van der Waals surface area contributed by atoms with Gasteiger partial charge in [0.1, 0.15) is 11.4 Å². The number of hydrogen-bond donors (Lipinski definition) is 0. The minimum Gasteiger partial charge on any atom is -0.420 e. The zero-order chi connectivity index (χ0) is 22.0. The van der Waals surface area contributed by atoms with Crippen LogP contribution in [0, 0.1) is 5.92 Å². The van der Waals surface area contributed by atoms with E-state index in [4.69, 9.17) is 18.9 Å². The molecule has 31 heavy (non-hydrogen) atoms. The van der Waals surface area contributed by atoms with E-state index in [-0.39, 0.29) is 29.2 Å². The molecule has 0 spiro atoms. The van der Waals surface area contributed by atoms with E-state index < -0.39 is 8.56 Å². The highest BCUT2D eigenvalue weighted by Gasteiger charge is 2.54. The van der Waals surface area contributed by atoms with E-state index in [0.29, 0.717) is 0 Å². The molecule has 5 nitrogen and oxygen atoms in total. The molecular weight excluding hydrogens is 404 g/mol. The lowest BCUT2D eigenvalue weighted by Gasteiger charge is -2.41. The third kappa shape index (κ3) is 3.94. The van der Waals surface area contributed by atoms with E-state index in [1.807, 2.05) is 36.4 Å². The lowest BCUT2D eigenvalue weighted by molar-refractivity contribution is 0.00450. The summed E-state index contributed by atoms with van der Waals surface area (Å²) in [6.07, 6.45) is 0.562. The first-order valence-electron chi connectivity index (χ1n) is 11.3. The second-order valence-corrected chi connectivity index (χ2v) is 13.1. The lowest BCUT2D eigenvalue weighted by atomic mass is 9.83. The summed E-state index contributed by atoms with van der Waals surface area (Å²) in [4.78, 5) is 6.06. The fourth-order valence-corrected chi connectivity index (χ4v) is 8.01. The number of rotatable bonds is 5. The quantitative estimate of drug-likeness (QED) is 0.523. The molecule has 3 atom stereocenters. The van der Waals surface area contributed by atoms with Crippen molar-refractivity contribution in [3.8, 4) is 0 Å². The second-order valence-electron chi connectivity index (χ2n) is 8.93. The topological polar surface area (TPSA) is 52.4 Å². The van der Waals surface area contributed by atoms with Crippen LogP contribution in [0.1, 0.15) is 58.3 Å². The van der Waals surface area contributed by atoms with Crippen LogP contribution in [0.4, 0.5) is 0 Å². The summed E-state index contributed by atoms with van der Waals surface area (Å²) in [5, 5.41) is 9.28. The molecule has 2 aromatic rings. The Kier molecular flexibility index (Phi) is 6.30. The van der Waals surface area contributed by atoms with Crippen LogP contribution in [-0.2, 0) is 13.8 Å². The van der Waals surface area contributed by atoms with Crippen molar-refractivity contribution < 1.29 is 13.8 Å². The number of benzene rings is 2. The predicted octanol–water partition coefficient (Wildman–Crippen LogP) is 6.22. The maximum atomic E-state index is 6.95. The molecule has 2 aliphatic heterocycles. The summed E-state index contributed by atoms with van der Waals surface area (Å²) >= 11 is 0. The van der Waals surface area contributed by atoms with Gasteiger partial charge in [-0.15, -0.1) is 0 Å². The third-order valence-electron chi connectivity index (χ3n) is 6.35. The molecule has 2 heterocycles. The van der Waals surface area contributed by atoms with Gasteiger partial charge >= 0.3 is 8.56 Å². The third-order valence-corrected chi connectivity index (χ3v) is 10.6. The average molecular weight is 437 g/mol. The predicted molar refractivity (Wildman–Crippen MR) is 126 cm³/mol. The molecule has 2 aliphatic rings. The van der Waals surface area contributed by atoms with E-state index >= 15 is 0 Å². The summed E-state index contributed by atoms with van der Waals surface area (Å²) in [6, 6.07) is 20.4. The van der Waals surface area contributed by atoms with E-state index in [9.17, 15) is 0 Å². The van der Waals surface area contributed by atoms with Gasteiger partial charge in [0, 0.05) is 16.6 Å². The first kappa shape index (κ1) is 21.8. The SMILES string of the molecule is CC[C@H]1O[Si](C(C)C)(C(C)C)O/N=C(/c2ccccc2)C2=NO[C@H](c3ccccc3)[C@H]21. The number of oxime groups is 2. The highest BCUT2D eigenvalue weighted by atomic mass is 28.4. The van der Waals surface area contributed by atoms with Crippen LogP contribution in [0.25, 0.3) is 0 Å². The zero-order valence-corrected chi connectivity index (χ0v) is 20.0.